The third-order valence-corrected chi connectivity index (χ3v) is 3.18. The molecule has 1 amide bonds. The van der Waals surface area contributed by atoms with Crippen molar-refractivity contribution in [2.24, 2.45) is 0 Å². The Labute approximate surface area is 121 Å². The monoisotopic (exact) mass is 293 g/mol. The number of hydrogen-bond acceptors (Lipinski definition) is 2. The average Bonchev–Trinajstić information content (AvgIpc) is 2.42. The lowest BCUT2D eigenvalue weighted by Gasteiger charge is -2.07. The maximum Gasteiger partial charge on any atom is 0.224 e. The minimum atomic E-state index is -0.489. The first-order chi connectivity index (χ1) is 9.56. The van der Waals surface area contributed by atoms with E-state index in [-0.39, 0.29) is 28.7 Å². The van der Waals surface area contributed by atoms with E-state index >= 15 is 0 Å². The molecule has 104 valence electrons. The molecule has 0 radical (unpaired) electrons. The number of carbonyl (C=O) groups excluding carboxylic acids is 1. The second kappa shape index (κ2) is 6.39. The van der Waals surface area contributed by atoms with E-state index in [0.29, 0.717) is 6.54 Å². The number of phenols is 1. The van der Waals surface area contributed by atoms with E-state index in [1.165, 1.54) is 24.3 Å². The van der Waals surface area contributed by atoms with Crippen LogP contribution >= 0.6 is 11.6 Å². The zero-order valence-electron chi connectivity index (χ0n) is 10.6. The molecule has 0 bridgehead atoms. The van der Waals surface area contributed by atoms with Gasteiger partial charge in [0.25, 0.3) is 0 Å². The normalized spacial score (nSPS) is 10.3. The minimum absolute atomic E-state index is 0.108. The fourth-order valence-corrected chi connectivity index (χ4v) is 1.97. The zero-order valence-corrected chi connectivity index (χ0v) is 11.3. The molecule has 0 aliphatic heterocycles. The summed E-state index contributed by atoms with van der Waals surface area (Å²) in [6.07, 6.45) is -0.108. The van der Waals surface area contributed by atoms with Gasteiger partial charge in [-0.05, 0) is 29.8 Å². The standard InChI is InChI=1S/C15H13ClFNO2/c16-13-2-1-3-14(17)12(13)8-15(20)18-9-10-4-6-11(19)7-5-10/h1-7,19H,8-9H2,(H,18,20). The number of rotatable bonds is 4. The fourth-order valence-electron chi connectivity index (χ4n) is 1.74. The number of benzene rings is 2. The third kappa shape index (κ3) is 3.71. The van der Waals surface area contributed by atoms with E-state index < -0.39 is 5.82 Å². The highest BCUT2D eigenvalue weighted by Crippen LogP contribution is 2.19. The van der Waals surface area contributed by atoms with Crippen molar-refractivity contribution < 1.29 is 14.3 Å². The summed E-state index contributed by atoms with van der Waals surface area (Å²) in [5, 5.41) is 12.1. The largest absolute Gasteiger partial charge is 0.508 e. The first kappa shape index (κ1) is 14.3. The molecule has 0 atom stereocenters. The Morgan fingerprint density at radius 2 is 1.90 bits per heavy atom. The van der Waals surface area contributed by atoms with Crippen molar-refractivity contribution in [2.75, 3.05) is 0 Å². The van der Waals surface area contributed by atoms with Crippen LogP contribution in [0.1, 0.15) is 11.1 Å². The van der Waals surface area contributed by atoms with Gasteiger partial charge >= 0.3 is 0 Å². The van der Waals surface area contributed by atoms with E-state index in [0.717, 1.165) is 5.56 Å². The van der Waals surface area contributed by atoms with Gasteiger partial charge in [-0.3, -0.25) is 4.79 Å². The smallest absolute Gasteiger partial charge is 0.224 e. The molecular formula is C15H13ClFNO2. The Kier molecular flexibility index (Phi) is 4.58. The minimum Gasteiger partial charge on any atom is -0.508 e. The second-order valence-electron chi connectivity index (χ2n) is 4.32. The van der Waals surface area contributed by atoms with Crippen LogP contribution in [0.25, 0.3) is 0 Å². The van der Waals surface area contributed by atoms with Gasteiger partial charge in [-0.15, -0.1) is 0 Å². The molecule has 0 unspecified atom stereocenters. The first-order valence-electron chi connectivity index (χ1n) is 6.04. The van der Waals surface area contributed by atoms with Crippen molar-refractivity contribution in [1.29, 1.82) is 0 Å². The summed E-state index contributed by atoms with van der Waals surface area (Å²) >= 11 is 5.86. The van der Waals surface area contributed by atoms with Gasteiger partial charge in [0.2, 0.25) is 5.91 Å². The van der Waals surface area contributed by atoms with Gasteiger partial charge in [0.15, 0.2) is 0 Å². The van der Waals surface area contributed by atoms with Crippen LogP contribution in [0, 0.1) is 5.82 Å². The number of phenolic OH excluding ortho intramolecular Hbond substituents is 1. The topological polar surface area (TPSA) is 49.3 Å². The average molecular weight is 294 g/mol. The predicted octanol–water partition coefficient (Wildman–Crippen LogP) is 3.04. The summed E-state index contributed by atoms with van der Waals surface area (Å²) < 4.78 is 13.5. The molecule has 3 nitrogen and oxygen atoms in total. The van der Waals surface area contributed by atoms with Crippen molar-refractivity contribution >= 4 is 17.5 Å². The lowest BCUT2D eigenvalue weighted by atomic mass is 10.1. The van der Waals surface area contributed by atoms with E-state index in [1.54, 1.807) is 18.2 Å². The number of halogens is 2. The molecule has 0 aromatic heterocycles. The molecule has 2 aromatic rings. The van der Waals surface area contributed by atoms with Crippen LogP contribution in [0.4, 0.5) is 4.39 Å². The summed E-state index contributed by atoms with van der Waals surface area (Å²) in [6, 6.07) is 10.8. The van der Waals surface area contributed by atoms with Crippen molar-refractivity contribution in [3.05, 3.63) is 64.4 Å². The lowest BCUT2D eigenvalue weighted by molar-refractivity contribution is -0.120. The SMILES string of the molecule is O=C(Cc1c(F)cccc1Cl)NCc1ccc(O)cc1. The first-order valence-corrected chi connectivity index (χ1v) is 6.41. The molecule has 2 N–H and O–H groups in total. The van der Waals surface area contributed by atoms with Gasteiger partial charge in [-0.2, -0.15) is 0 Å². The van der Waals surface area contributed by atoms with E-state index in [1.807, 2.05) is 0 Å². The number of aromatic hydroxyl groups is 1. The van der Waals surface area contributed by atoms with Crippen molar-refractivity contribution in [3.63, 3.8) is 0 Å². The Bertz CT molecular complexity index is 594. The highest BCUT2D eigenvalue weighted by atomic mass is 35.5. The maximum atomic E-state index is 13.5. The number of carbonyl (C=O) groups is 1. The Morgan fingerprint density at radius 1 is 1.20 bits per heavy atom. The van der Waals surface area contributed by atoms with Gasteiger partial charge < -0.3 is 10.4 Å². The zero-order chi connectivity index (χ0) is 14.5. The molecule has 2 aromatic carbocycles. The van der Waals surface area contributed by atoms with E-state index in [4.69, 9.17) is 16.7 Å². The summed E-state index contributed by atoms with van der Waals surface area (Å²) in [6.45, 7) is 0.311. The third-order valence-electron chi connectivity index (χ3n) is 2.83. The summed E-state index contributed by atoms with van der Waals surface area (Å²) in [5.41, 5.74) is 1.04. The van der Waals surface area contributed by atoms with Crippen LogP contribution in [0.5, 0.6) is 5.75 Å². The second-order valence-corrected chi connectivity index (χ2v) is 4.73. The number of hydrogen-bond donors (Lipinski definition) is 2. The maximum absolute atomic E-state index is 13.5. The van der Waals surface area contributed by atoms with Gasteiger partial charge in [-0.1, -0.05) is 29.8 Å². The van der Waals surface area contributed by atoms with Gasteiger partial charge in [-0.25, -0.2) is 4.39 Å². The van der Waals surface area contributed by atoms with Crippen LogP contribution in [-0.2, 0) is 17.8 Å². The molecule has 0 saturated carbocycles. The molecule has 2 rings (SSSR count). The molecule has 0 saturated heterocycles. The van der Waals surface area contributed by atoms with Crippen molar-refractivity contribution in [1.82, 2.24) is 5.32 Å². The molecule has 20 heavy (non-hydrogen) atoms. The van der Waals surface area contributed by atoms with Crippen LogP contribution < -0.4 is 5.32 Å². The van der Waals surface area contributed by atoms with Gasteiger partial charge in [0, 0.05) is 17.1 Å². The van der Waals surface area contributed by atoms with Crippen LogP contribution in [0.2, 0.25) is 5.02 Å². The van der Waals surface area contributed by atoms with E-state index in [2.05, 4.69) is 5.32 Å². The Balaban J connectivity index is 1.94. The lowest BCUT2D eigenvalue weighted by Crippen LogP contribution is -2.25. The number of amides is 1. The number of nitrogens with one attached hydrogen (secondary N) is 1. The predicted molar refractivity (Wildman–Crippen MR) is 75.1 cm³/mol. The Hall–Kier alpha value is -2.07. The van der Waals surface area contributed by atoms with E-state index in [9.17, 15) is 9.18 Å². The Morgan fingerprint density at radius 3 is 2.55 bits per heavy atom. The molecular weight excluding hydrogens is 281 g/mol. The summed E-state index contributed by atoms with van der Waals surface area (Å²) in [7, 11) is 0. The molecule has 0 spiro atoms. The summed E-state index contributed by atoms with van der Waals surface area (Å²) in [5.74, 6) is -0.638. The summed E-state index contributed by atoms with van der Waals surface area (Å²) in [4.78, 5) is 11.8. The van der Waals surface area contributed by atoms with Crippen LogP contribution in [0.3, 0.4) is 0 Å². The molecule has 0 aliphatic rings. The quantitative estimate of drug-likeness (QED) is 0.910. The molecule has 0 heterocycles. The van der Waals surface area contributed by atoms with Crippen molar-refractivity contribution in [3.8, 4) is 5.75 Å². The molecule has 0 fully saturated rings. The van der Waals surface area contributed by atoms with Crippen LogP contribution in [-0.4, -0.2) is 11.0 Å². The highest BCUT2D eigenvalue weighted by Gasteiger charge is 2.11. The fraction of sp³-hybridized carbons (Fsp3) is 0.133. The van der Waals surface area contributed by atoms with Crippen molar-refractivity contribution in [2.45, 2.75) is 13.0 Å². The highest BCUT2D eigenvalue weighted by molar-refractivity contribution is 6.31. The van der Waals surface area contributed by atoms with Crippen LogP contribution in [0.15, 0.2) is 42.5 Å². The molecule has 5 heteroatoms. The van der Waals surface area contributed by atoms with Gasteiger partial charge in [0.1, 0.15) is 11.6 Å². The van der Waals surface area contributed by atoms with Gasteiger partial charge in [0.05, 0.1) is 6.42 Å². The molecule has 0 aliphatic carbocycles.